The fourth-order valence-electron chi connectivity index (χ4n) is 3.72. The number of hydrogen-bond acceptors (Lipinski definition) is 4. The number of rotatable bonds is 5. The summed E-state index contributed by atoms with van der Waals surface area (Å²) < 4.78 is 26.3. The molecule has 3 rings (SSSR count). The molecule has 0 aromatic heterocycles. The van der Waals surface area contributed by atoms with Gasteiger partial charge in [0.2, 0.25) is 15.9 Å². The lowest BCUT2D eigenvalue weighted by molar-refractivity contribution is -0.126. The average Bonchev–Trinajstić information content (AvgIpc) is 2.62. The summed E-state index contributed by atoms with van der Waals surface area (Å²) in [7, 11) is -3.28. The van der Waals surface area contributed by atoms with Crippen molar-refractivity contribution < 1.29 is 13.2 Å². The van der Waals surface area contributed by atoms with Crippen molar-refractivity contribution >= 4 is 27.7 Å². The van der Waals surface area contributed by atoms with Crippen LogP contribution in [0.3, 0.4) is 0 Å². The quantitative estimate of drug-likeness (QED) is 0.843. The Kier molecular flexibility index (Phi) is 5.75. The molecule has 1 aliphatic carbocycles. The maximum absolute atomic E-state index is 12.8. The summed E-state index contributed by atoms with van der Waals surface area (Å²) in [4.78, 5) is 12.8. The van der Waals surface area contributed by atoms with Gasteiger partial charge in [0.05, 0.1) is 11.2 Å². The lowest BCUT2D eigenvalue weighted by atomic mass is 9.70. The standard InChI is InChI=1S/C18H26N2O3S2/c1-18(8-4-6-15-5-2-3-7-16(15)18)17(21)19-9-14-25(22,23)20-10-12-24-13-11-20/h2-3,5,7H,4,6,8-14H2,1H3,(H,19,21). The third-order valence-electron chi connectivity index (χ3n) is 5.24. The van der Waals surface area contributed by atoms with Crippen LogP contribution in [-0.2, 0) is 26.7 Å². The Labute approximate surface area is 154 Å². The number of sulfonamides is 1. The fraction of sp³-hybridized carbons (Fsp3) is 0.611. The van der Waals surface area contributed by atoms with Gasteiger partial charge in [-0.05, 0) is 37.3 Å². The molecule has 1 heterocycles. The van der Waals surface area contributed by atoms with E-state index in [1.807, 2.05) is 25.1 Å². The van der Waals surface area contributed by atoms with Crippen LogP contribution in [0.25, 0.3) is 0 Å². The van der Waals surface area contributed by atoms with E-state index in [4.69, 9.17) is 0 Å². The first-order chi connectivity index (χ1) is 11.9. The Morgan fingerprint density at radius 1 is 1.28 bits per heavy atom. The van der Waals surface area contributed by atoms with Gasteiger partial charge in [0.1, 0.15) is 0 Å². The number of thioether (sulfide) groups is 1. The molecule has 5 nitrogen and oxygen atoms in total. The Bertz CT molecular complexity index is 730. The van der Waals surface area contributed by atoms with Crippen LogP contribution < -0.4 is 5.32 Å². The molecule has 2 aliphatic rings. The van der Waals surface area contributed by atoms with Crippen LogP contribution in [0.2, 0.25) is 0 Å². The van der Waals surface area contributed by atoms with E-state index in [-0.39, 0.29) is 18.2 Å². The van der Waals surface area contributed by atoms with E-state index in [1.165, 1.54) is 5.56 Å². The molecule has 7 heteroatoms. The second kappa shape index (κ2) is 7.68. The van der Waals surface area contributed by atoms with Crippen LogP contribution in [-0.4, -0.2) is 55.5 Å². The maximum atomic E-state index is 12.8. The van der Waals surface area contributed by atoms with E-state index in [2.05, 4.69) is 11.4 Å². The molecule has 1 fully saturated rings. The first-order valence-corrected chi connectivity index (χ1v) is 11.6. The minimum absolute atomic E-state index is 0.0267. The molecule has 0 bridgehead atoms. The van der Waals surface area contributed by atoms with Crippen molar-refractivity contribution in [3.05, 3.63) is 35.4 Å². The van der Waals surface area contributed by atoms with Crippen LogP contribution in [0.4, 0.5) is 0 Å². The van der Waals surface area contributed by atoms with Crippen molar-refractivity contribution in [2.45, 2.75) is 31.6 Å². The van der Waals surface area contributed by atoms with Gasteiger partial charge in [-0.3, -0.25) is 4.79 Å². The largest absolute Gasteiger partial charge is 0.354 e. The number of benzene rings is 1. The van der Waals surface area contributed by atoms with Crippen LogP contribution in [0, 0.1) is 0 Å². The second-order valence-electron chi connectivity index (χ2n) is 6.93. The van der Waals surface area contributed by atoms with Crippen molar-refractivity contribution in [1.82, 2.24) is 9.62 Å². The molecule has 1 aliphatic heterocycles. The third kappa shape index (κ3) is 4.04. The molecule has 1 aromatic rings. The van der Waals surface area contributed by atoms with E-state index < -0.39 is 15.4 Å². The lowest BCUT2D eigenvalue weighted by Gasteiger charge is -2.34. The molecule has 1 atom stereocenters. The van der Waals surface area contributed by atoms with Crippen molar-refractivity contribution in [1.29, 1.82) is 0 Å². The minimum Gasteiger partial charge on any atom is -0.354 e. The molecule has 1 aromatic carbocycles. The number of amides is 1. The van der Waals surface area contributed by atoms with Crippen molar-refractivity contribution in [2.24, 2.45) is 0 Å². The highest BCUT2D eigenvalue weighted by Gasteiger charge is 2.38. The van der Waals surface area contributed by atoms with Gasteiger partial charge in [0.15, 0.2) is 0 Å². The average molecular weight is 383 g/mol. The van der Waals surface area contributed by atoms with Crippen LogP contribution in [0.15, 0.2) is 24.3 Å². The Balaban J connectivity index is 1.61. The molecule has 1 unspecified atom stereocenters. The summed E-state index contributed by atoms with van der Waals surface area (Å²) in [5.74, 6) is 1.60. The van der Waals surface area contributed by atoms with Gasteiger partial charge in [-0.1, -0.05) is 24.3 Å². The lowest BCUT2D eigenvalue weighted by Crippen LogP contribution is -2.47. The first kappa shape index (κ1) is 18.7. The molecule has 138 valence electrons. The molecule has 0 saturated carbocycles. The molecular formula is C18H26N2O3S2. The number of fused-ring (bicyclic) bond motifs is 1. The topological polar surface area (TPSA) is 66.5 Å². The zero-order valence-electron chi connectivity index (χ0n) is 14.7. The number of nitrogens with one attached hydrogen (secondary N) is 1. The highest BCUT2D eigenvalue weighted by atomic mass is 32.2. The normalized spacial score (nSPS) is 24.5. The highest BCUT2D eigenvalue weighted by molar-refractivity contribution is 7.99. The molecule has 1 amide bonds. The van der Waals surface area contributed by atoms with E-state index in [9.17, 15) is 13.2 Å². The summed E-state index contributed by atoms with van der Waals surface area (Å²) in [6, 6.07) is 8.08. The predicted molar refractivity (Wildman–Crippen MR) is 102 cm³/mol. The Hall–Kier alpha value is -1.05. The van der Waals surface area contributed by atoms with Gasteiger partial charge >= 0.3 is 0 Å². The van der Waals surface area contributed by atoms with Gasteiger partial charge in [-0.2, -0.15) is 11.8 Å². The third-order valence-corrected chi connectivity index (χ3v) is 8.06. The number of carbonyl (C=O) groups excluding carboxylic acids is 1. The molecule has 1 saturated heterocycles. The monoisotopic (exact) mass is 382 g/mol. The summed E-state index contributed by atoms with van der Waals surface area (Å²) in [6.45, 7) is 3.29. The first-order valence-electron chi connectivity index (χ1n) is 8.86. The number of carbonyl (C=O) groups is 1. The van der Waals surface area contributed by atoms with Gasteiger partial charge in [-0.25, -0.2) is 12.7 Å². The number of aryl methyl sites for hydroxylation is 1. The molecular weight excluding hydrogens is 356 g/mol. The van der Waals surface area contributed by atoms with Crippen molar-refractivity contribution in [2.75, 3.05) is 36.9 Å². The summed E-state index contributed by atoms with van der Waals surface area (Å²) in [5, 5.41) is 2.88. The van der Waals surface area contributed by atoms with Gasteiger partial charge in [0, 0.05) is 31.1 Å². The molecule has 1 N–H and O–H groups in total. The fourth-order valence-corrected chi connectivity index (χ4v) is 6.21. The van der Waals surface area contributed by atoms with Crippen LogP contribution >= 0.6 is 11.8 Å². The Morgan fingerprint density at radius 2 is 2.00 bits per heavy atom. The molecule has 0 spiro atoms. The number of hydrogen-bond donors (Lipinski definition) is 1. The zero-order valence-corrected chi connectivity index (χ0v) is 16.3. The summed E-state index contributed by atoms with van der Waals surface area (Å²) >= 11 is 1.78. The molecule has 25 heavy (non-hydrogen) atoms. The van der Waals surface area contributed by atoms with Crippen LogP contribution in [0.1, 0.15) is 30.9 Å². The number of nitrogens with zero attached hydrogens (tertiary/aromatic N) is 1. The predicted octanol–water partition coefficient (Wildman–Crippen LogP) is 1.78. The second-order valence-corrected chi connectivity index (χ2v) is 10.2. The summed E-state index contributed by atoms with van der Waals surface area (Å²) in [6.07, 6.45) is 2.77. The van der Waals surface area contributed by atoms with E-state index >= 15 is 0 Å². The van der Waals surface area contributed by atoms with E-state index in [1.54, 1.807) is 16.1 Å². The smallest absolute Gasteiger partial charge is 0.230 e. The Morgan fingerprint density at radius 3 is 2.76 bits per heavy atom. The van der Waals surface area contributed by atoms with Gasteiger partial charge < -0.3 is 5.32 Å². The maximum Gasteiger partial charge on any atom is 0.230 e. The van der Waals surface area contributed by atoms with Gasteiger partial charge in [-0.15, -0.1) is 0 Å². The highest BCUT2D eigenvalue weighted by Crippen LogP contribution is 2.37. The SMILES string of the molecule is CC1(C(=O)NCCS(=O)(=O)N2CCSCC2)CCCc2ccccc21. The van der Waals surface area contributed by atoms with E-state index in [0.29, 0.717) is 13.1 Å². The van der Waals surface area contributed by atoms with Crippen molar-refractivity contribution in [3.8, 4) is 0 Å². The van der Waals surface area contributed by atoms with Crippen LogP contribution in [0.5, 0.6) is 0 Å². The molecule has 0 radical (unpaired) electrons. The zero-order chi connectivity index (χ0) is 17.9. The summed E-state index contributed by atoms with van der Waals surface area (Å²) in [5.41, 5.74) is 1.74. The van der Waals surface area contributed by atoms with E-state index in [0.717, 1.165) is 36.3 Å². The van der Waals surface area contributed by atoms with Gasteiger partial charge in [0.25, 0.3) is 0 Å². The van der Waals surface area contributed by atoms with Crippen molar-refractivity contribution in [3.63, 3.8) is 0 Å². The minimum atomic E-state index is -3.28.